The monoisotopic (exact) mass is 397 g/mol. The molecule has 11 heteroatoms. The van der Waals surface area contributed by atoms with Crippen molar-refractivity contribution in [2.75, 3.05) is 6.61 Å². The van der Waals surface area contributed by atoms with E-state index in [1.807, 2.05) is 0 Å². The van der Waals surface area contributed by atoms with E-state index < -0.39 is 30.6 Å². The number of halogens is 3. The first-order valence-electron chi connectivity index (χ1n) is 8.26. The maximum absolute atomic E-state index is 12.7. The lowest BCUT2D eigenvalue weighted by Gasteiger charge is -2.29. The summed E-state index contributed by atoms with van der Waals surface area (Å²) >= 11 is 0. The van der Waals surface area contributed by atoms with Gasteiger partial charge in [-0.3, -0.25) is 20.0 Å². The molecule has 0 saturated heterocycles. The molecule has 0 spiro atoms. The Morgan fingerprint density at radius 3 is 2.50 bits per heavy atom. The number of pyridine rings is 1. The van der Waals surface area contributed by atoms with E-state index >= 15 is 0 Å². The third-order valence-corrected chi connectivity index (χ3v) is 3.58. The third kappa shape index (κ3) is 5.89. The molecule has 2 aromatic heterocycles. The zero-order valence-electron chi connectivity index (χ0n) is 15.1. The van der Waals surface area contributed by atoms with Crippen LogP contribution < -0.4 is 10.2 Å². The predicted molar refractivity (Wildman–Crippen MR) is 90.8 cm³/mol. The number of carbonyl (C=O) groups is 2. The van der Waals surface area contributed by atoms with Gasteiger partial charge in [0, 0.05) is 31.1 Å². The minimum atomic E-state index is -4.47. The summed E-state index contributed by atoms with van der Waals surface area (Å²) < 4.78 is 41.2. The average molecular weight is 397 g/mol. The molecule has 1 unspecified atom stereocenters. The number of amides is 2. The van der Waals surface area contributed by atoms with Gasteiger partial charge in [-0.25, -0.2) is 15.0 Å². The van der Waals surface area contributed by atoms with E-state index in [9.17, 15) is 22.8 Å². The zero-order valence-corrected chi connectivity index (χ0v) is 15.1. The van der Waals surface area contributed by atoms with Gasteiger partial charge in [0.2, 0.25) is 11.8 Å². The number of nitrogens with zero attached hydrogens (tertiary/aromatic N) is 4. The van der Waals surface area contributed by atoms with Gasteiger partial charge in [0.1, 0.15) is 5.69 Å². The van der Waals surface area contributed by atoms with Crippen LogP contribution >= 0.6 is 0 Å². The molecule has 0 aromatic carbocycles. The summed E-state index contributed by atoms with van der Waals surface area (Å²) in [5.41, 5.74) is 2.98. The molecule has 2 heterocycles. The Morgan fingerprint density at radius 2 is 1.96 bits per heavy atom. The number of hydrogen-bond acceptors (Lipinski definition) is 6. The average Bonchev–Trinajstić information content (AvgIpc) is 2.69. The first kappa shape index (κ1) is 21.1. The van der Waals surface area contributed by atoms with Crippen molar-refractivity contribution in [3.05, 3.63) is 48.2 Å². The fraction of sp³-hybridized carbons (Fsp3) is 0.353. The number of aromatic nitrogens is 3. The van der Waals surface area contributed by atoms with Crippen molar-refractivity contribution >= 4 is 11.8 Å². The lowest BCUT2D eigenvalue weighted by atomic mass is 10.1. The van der Waals surface area contributed by atoms with Crippen molar-refractivity contribution in [2.45, 2.75) is 32.5 Å². The molecule has 1 atom stereocenters. The van der Waals surface area contributed by atoms with Crippen LogP contribution in [0.1, 0.15) is 42.4 Å². The van der Waals surface area contributed by atoms with Crippen LogP contribution in [0.2, 0.25) is 0 Å². The fourth-order valence-corrected chi connectivity index (χ4v) is 2.10. The predicted octanol–water partition coefficient (Wildman–Crippen LogP) is 2.46. The van der Waals surface area contributed by atoms with Crippen molar-refractivity contribution < 1.29 is 27.5 Å². The first-order chi connectivity index (χ1) is 13.2. The highest BCUT2D eigenvalue weighted by atomic mass is 19.4. The summed E-state index contributed by atoms with van der Waals surface area (Å²) in [5, 5.41) is 1.07. The van der Waals surface area contributed by atoms with E-state index in [2.05, 4.69) is 25.1 Å². The van der Waals surface area contributed by atoms with Crippen LogP contribution in [0.4, 0.5) is 13.2 Å². The van der Waals surface area contributed by atoms with Crippen molar-refractivity contribution in [1.29, 1.82) is 0 Å². The van der Waals surface area contributed by atoms with Gasteiger partial charge in [-0.15, -0.1) is 0 Å². The highest BCUT2D eigenvalue weighted by Gasteiger charge is 2.29. The number of ether oxygens (including phenoxy) is 1. The van der Waals surface area contributed by atoms with Gasteiger partial charge in [0.15, 0.2) is 6.61 Å². The molecule has 1 N–H and O–H groups in total. The maximum Gasteiger partial charge on any atom is 0.422 e. The number of alkyl halides is 3. The highest BCUT2D eigenvalue weighted by molar-refractivity contribution is 5.93. The van der Waals surface area contributed by atoms with E-state index in [0.29, 0.717) is 5.56 Å². The zero-order chi connectivity index (χ0) is 20.7. The minimum absolute atomic E-state index is 0.0174. The van der Waals surface area contributed by atoms with Gasteiger partial charge in [-0.2, -0.15) is 13.2 Å². The Balaban J connectivity index is 2.20. The third-order valence-electron chi connectivity index (χ3n) is 3.58. The van der Waals surface area contributed by atoms with Gasteiger partial charge >= 0.3 is 6.18 Å². The molecule has 2 amide bonds. The fourth-order valence-electron chi connectivity index (χ4n) is 2.10. The standard InChI is InChI=1S/C17H18F3N5O3/c1-3-14(26)24-25(16(27)13-9-21-6-7-22-13)11(2)12-4-5-15(23-8-12)28-10-17(18,19)20/h4-9,11H,3,10H2,1-2H3,(H,24,26). The van der Waals surface area contributed by atoms with E-state index in [0.717, 1.165) is 5.01 Å². The molecule has 0 saturated carbocycles. The Bertz CT molecular complexity index is 800. The summed E-state index contributed by atoms with van der Waals surface area (Å²) in [5.74, 6) is -1.21. The van der Waals surface area contributed by atoms with Gasteiger partial charge in [0.25, 0.3) is 5.91 Å². The van der Waals surface area contributed by atoms with Crippen LogP contribution in [0, 0.1) is 0 Å². The summed E-state index contributed by atoms with van der Waals surface area (Å²) in [6, 6.07) is 2.02. The Labute approximate surface area is 158 Å². The molecule has 0 bridgehead atoms. The van der Waals surface area contributed by atoms with Crippen molar-refractivity contribution in [3.8, 4) is 5.88 Å². The minimum Gasteiger partial charge on any atom is -0.468 e. The molecule has 150 valence electrons. The second kappa shape index (κ2) is 9.11. The lowest BCUT2D eigenvalue weighted by Crippen LogP contribution is -2.47. The Kier molecular flexibility index (Phi) is 6.85. The molecule has 0 fully saturated rings. The quantitative estimate of drug-likeness (QED) is 0.752. The van der Waals surface area contributed by atoms with E-state index in [-0.39, 0.29) is 18.0 Å². The summed E-state index contributed by atoms with van der Waals surface area (Å²) in [6.45, 7) is 1.79. The highest BCUT2D eigenvalue weighted by Crippen LogP contribution is 2.22. The second-order valence-electron chi connectivity index (χ2n) is 5.66. The molecule has 0 radical (unpaired) electrons. The number of carbonyl (C=O) groups excluding carboxylic acids is 2. The molecule has 8 nitrogen and oxygen atoms in total. The summed E-state index contributed by atoms with van der Waals surface area (Å²) in [7, 11) is 0. The summed E-state index contributed by atoms with van der Waals surface area (Å²) in [6.07, 6.45) is 0.931. The second-order valence-corrected chi connectivity index (χ2v) is 5.66. The topological polar surface area (TPSA) is 97.3 Å². The van der Waals surface area contributed by atoms with Crippen LogP contribution in [-0.4, -0.2) is 44.6 Å². The molecular formula is C17H18F3N5O3. The molecule has 28 heavy (non-hydrogen) atoms. The van der Waals surface area contributed by atoms with E-state index in [4.69, 9.17) is 0 Å². The SMILES string of the molecule is CCC(=O)NN(C(=O)c1cnccn1)C(C)c1ccc(OCC(F)(F)F)nc1. The lowest BCUT2D eigenvalue weighted by molar-refractivity contribution is -0.154. The van der Waals surface area contributed by atoms with E-state index in [1.165, 1.54) is 36.9 Å². The van der Waals surface area contributed by atoms with Crippen LogP contribution in [0.25, 0.3) is 0 Å². The number of nitrogens with one attached hydrogen (secondary N) is 1. The number of rotatable bonds is 6. The molecular weight excluding hydrogens is 379 g/mol. The van der Waals surface area contributed by atoms with Gasteiger partial charge in [0.05, 0.1) is 12.2 Å². The normalized spacial score (nSPS) is 12.2. The maximum atomic E-state index is 12.7. The molecule has 0 aliphatic rings. The van der Waals surface area contributed by atoms with Crippen LogP contribution in [-0.2, 0) is 4.79 Å². The summed E-state index contributed by atoms with van der Waals surface area (Å²) in [4.78, 5) is 36.1. The molecule has 2 rings (SSSR count). The molecule has 0 aliphatic heterocycles. The first-order valence-corrected chi connectivity index (χ1v) is 8.26. The van der Waals surface area contributed by atoms with Crippen LogP contribution in [0.5, 0.6) is 5.88 Å². The Hall–Kier alpha value is -3.24. The van der Waals surface area contributed by atoms with Gasteiger partial charge < -0.3 is 4.74 Å². The smallest absolute Gasteiger partial charge is 0.422 e. The van der Waals surface area contributed by atoms with Crippen LogP contribution in [0.3, 0.4) is 0 Å². The van der Waals surface area contributed by atoms with Gasteiger partial charge in [-0.05, 0) is 18.6 Å². The van der Waals surface area contributed by atoms with E-state index in [1.54, 1.807) is 13.8 Å². The van der Waals surface area contributed by atoms with Crippen LogP contribution in [0.15, 0.2) is 36.9 Å². The van der Waals surface area contributed by atoms with Crippen molar-refractivity contribution in [3.63, 3.8) is 0 Å². The largest absolute Gasteiger partial charge is 0.468 e. The van der Waals surface area contributed by atoms with Crippen molar-refractivity contribution in [2.24, 2.45) is 0 Å². The van der Waals surface area contributed by atoms with Gasteiger partial charge in [-0.1, -0.05) is 6.92 Å². The number of hydrazine groups is 1. The molecule has 0 aliphatic carbocycles. The Morgan fingerprint density at radius 1 is 1.21 bits per heavy atom. The molecule has 2 aromatic rings. The number of hydrogen-bond donors (Lipinski definition) is 1. The van der Waals surface area contributed by atoms with Crippen molar-refractivity contribution in [1.82, 2.24) is 25.4 Å².